The van der Waals surface area contributed by atoms with Crippen LogP contribution < -0.4 is 4.74 Å². The van der Waals surface area contributed by atoms with Crippen LogP contribution in [0.25, 0.3) is 0 Å². The largest absolute Gasteiger partial charge is 0.459 e. The van der Waals surface area contributed by atoms with E-state index in [1.807, 2.05) is 26.8 Å². The quantitative estimate of drug-likeness (QED) is 0.154. The van der Waals surface area contributed by atoms with Crippen molar-refractivity contribution < 1.29 is 33.4 Å². The van der Waals surface area contributed by atoms with Gasteiger partial charge in [0, 0.05) is 11.1 Å². The standard InChI is InChI=1S/C34H38N2O7/c1-9-24-10-12-25(13-11-24)29(37)35(36(34(6,7)8)30(38)27-19-22(4)18-23(5)20-27)31(39)33(41)43-28-16-14-26(15-17-28)32(40)42-21(2)3/h10-21H,9H2,1-8H3. The molecule has 0 unspecified atom stereocenters. The zero-order valence-electron chi connectivity index (χ0n) is 25.9. The van der Waals surface area contributed by atoms with Gasteiger partial charge in [0.2, 0.25) is 0 Å². The summed E-state index contributed by atoms with van der Waals surface area (Å²) in [5.41, 5.74) is 2.06. The molecule has 3 rings (SSSR count). The minimum absolute atomic E-state index is 0.0397. The monoisotopic (exact) mass is 586 g/mol. The summed E-state index contributed by atoms with van der Waals surface area (Å²) in [6.45, 7) is 14.0. The van der Waals surface area contributed by atoms with Crippen LogP contribution in [0, 0.1) is 13.8 Å². The third-order valence-corrected chi connectivity index (χ3v) is 6.31. The molecule has 3 aromatic carbocycles. The lowest BCUT2D eigenvalue weighted by Crippen LogP contribution is -2.62. The number of amides is 3. The number of esters is 2. The molecule has 43 heavy (non-hydrogen) atoms. The van der Waals surface area contributed by atoms with Crippen molar-refractivity contribution in [1.29, 1.82) is 0 Å². The minimum Gasteiger partial charge on any atom is -0.459 e. The molecule has 9 heteroatoms. The Balaban J connectivity index is 2.04. The molecule has 0 aliphatic heterocycles. The molecule has 0 saturated carbocycles. The summed E-state index contributed by atoms with van der Waals surface area (Å²) in [7, 11) is 0. The first kappa shape index (κ1) is 32.7. The Labute approximate surface area is 252 Å². The number of carbonyl (C=O) groups excluding carboxylic acids is 5. The van der Waals surface area contributed by atoms with Gasteiger partial charge in [-0.15, -0.1) is 0 Å². The molecule has 0 N–H and O–H groups in total. The van der Waals surface area contributed by atoms with E-state index in [2.05, 4.69) is 0 Å². The molecule has 9 nitrogen and oxygen atoms in total. The Morgan fingerprint density at radius 3 is 1.77 bits per heavy atom. The van der Waals surface area contributed by atoms with Crippen molar-refractivity contribution in [1.82, 2.24) is 10.0 Å². The van der Waals surface area contributed by atoms with Gasteiger partial charge in [0.1, 0.15) is 5.75 Å². The molecule has 0 fully saturated rings. The number of rotatable bonds is 6. The first-order chi connectivity index (χ1) is 20.1. The van der Waals surface area contributed by atoms with Gasteiger partial charge in [-0.2, -0.15) is 5.01 Å². The highest BCUT2D eigenvalue weighted by Crippen LogP contribution is 2.25. The summed E-state index contributed by atoms with van der Waals surface area (Å²) < 4.78 is 10.5. The van der Waals surface area contributed by atoms with Crippen LogP contribution in [-0.4, -0.2) is 51.3 Å². The fraction of sp³-hybridized carbons (Fsp3) is 0.324. The highest BCUT2D eigenvalue weighted by Gasteiger charge is 2.43. The van der Waals surface area contributed by atoms with E-state index in [0.29, 0.717) is 5.01 Å². The molecular weight excluding hydrogens is 548 g/mol. The Bertz CT molecular complexity index is 1500. The third kappa shape index (κ3) is 8.16. The number of hydrazine groups is 1. The van der Waals surface area contributed by atoms with Crippen LogP contribution in [-0.2, 0) is 20.7 Å². The van der Waals surface area contributed by atoms with Crippen molar-refractivity contribution in [3.05, 3.63) is 100 Å². The number of carbonyl (C=O) groups is 5. The molecule has 3 aromatic rings. The highest BCUT2D eigenvalue weighted by atomic mass is 16.5. The van der Waals surface area contributed by atoms with E-state index in [0.717, 1.165) is 28.1 Å². The summed E-state index contributed by atoms with van der Waals surface area (Å²) in [5, 5.41) is 1.55. The molecule has 0 aromatic heterocycles. The molecule has 0 heterocycles. The molecular formula is C34H38N2O7. The van der Waals surface area contributed by atoms with E-state index in [9.17, 15) is 24.0 Å². The number of hydrogen-bond acceptors (Lipinski definition) is 7. The molecule has 0 atom stereocenters. The van der Waals surface area contributed by atoms with E-state index in [1.54, 1.807) is 71.0 Å². The topological polar surface area (TPSA) is 110 Å². The number of imide groups is 1. The number of benzene rings is 3. The van der Waals surface area contributed by atoms with Crippen LogP contribution in [0.5, 0.6) is 5.75 Å². The van der Waals surface area contributed by atoms with Gasteiger partial charge in [-0.3, -0.25) is 14.4 Å². The SMILES string of the molecule is CCc1ccc(C(=O)N(C(=O)C(=O)Oc2ccc(C(=O)OC(C)C)cc2)N(C(=O)c2cc(C)cc(C)c2)C(C)(C)C)cc1. The number of hydrogen-bond donors (Lipinski definition) is 0. The molecule has 0 aliphatic rings. The van der Waals surface area contributed by atoms with Crippen molar-refractivity contribution in [3.63, 3.8) is 0 Å². The number of nitrogens with zero attached hydrogens (tertiary/aromatic N) is 2. The van der Waals surface area contributed by atoms with Gasteiger partial charge in [-0.05, 0) is 109 Å². The van der Waals surface area contributed by atoms with Gasteiger partial charge < -0.3 is 9.47 Å². The van der Waals surface area contributed by atoms with E-state index >= 15 is 0 Å². The Hall–Kier alpha value is -4.79. The summed E-state index contributed by atoms with van der Waals surface area (Å²) >= 11 is 0. The van der Waals surface area contributed by atoms with Gasteiger partial charge in [-0.25, -0.2) is 14.6 Å². The van der Waals surface area contributed by atoms with Crippen LogP contribution in [0.15, 0.2) is 66.7 Å². The fourth-order valence-corrected chi connectivity index (χ4v) is 4.37. The molecule has 226 valence electrons. The molecule has 3 amide bonds. The normalized spacial score (nSPS) is 11.1. The third-order valence-electron chi connectivity index (χ3n) is 6.31. The molecule has 0 radical (unpaired) electrons. The van der Waals surface area contributed by atoms with Gasteiger partial charge >= 0.3 is 17.8 Å². The smallest absolute Gasteiger partial charge is 0.404 e. The summed E-state index contributed by atoms with van der Waals surface area (Å²) in [6, 6.07) is 17.2. The summed E-state index contributed by atoms with van der Waals surface area (Å²) in [4.78, 5) is 67.2. The van der Waals surface area contributed by atoms with E-state index in [1.165, 1.54) is 24.3 Å². The average molecular weight is 587 g/mol. The predicted molar refractivity (Wildman–Crippen MR) is 161 cm³/mol. The lowest BCUT2D eigenvalue weighted by Gasteiger charge is -2.41. The average Bonchev–Trinajstić information content (AvgIpc) is 2.93. The summed E-state index contributed by atoms with van der Waals surface area (Å²) in [6.07, 6.45) is 0.415. The van der Waals surface area contributed by atoms with Crippen LogP contribution in [0.3, 0.4) is 0 Å². The van der Waals surface area contributed by atoms with Gasteiger partial charge in [0.15, 0.2) is 0 Å². The lowest BCUT2D eigenvalue weighted by atomic mass is 10.0. The highest BCUT2D eigenvalue weighted by molar-refractivity contribution is 6.37. The van der Waals surface area contributed by atoms with E-state index in [-0.39, 0.29) is 28.5 Å². The molecule has 0 saturated heterocycles. The maximum atomic E-state index is 14.0. The molecule has 0 bridgehead atoms. The van der Waals surface area contributed by atoms with Crippen LogP contribution in [0.1, 0.15) is 89.3 Å². The zero-order chi connectivity index (χ0) is 32.1. The lowest BCUT2D eigenvalue weighted by molar-refractivity contribution is -0.161. The molecule has 0 aliphatic carbocycles. The van der Waals surface area contributed by atoms with Crippen molar-refractivity contribution >= 4 is 29.7 Å². The Morgan fingerprint density at radius 1 is 0.744 bits per heavy atom. The Morgan fingerprint density at radius 2 is 1.28 bits per heavy atom. The second kappa shape index (κ2) is 13.5. The van der Waals surface area contributed by atoms with Crippen molar-refractivity contribution in [2.45, 2.75) is 73.5 Å². The zero-order valence-corrected chi connectivity index (χ0v) is 25.9. The Kier molecular flexibility index (Phi) is 10.2. The van der Waals surface area contributed by atoms with E-state index in [4.69, 9.17) is 9.47 Å². The van der Waals surface area contributed by atoms with Crippen molar-refractivity contribution in [2.75, 3.05) is 0 Å². The van der Waals surface area contributed by atoms with Crippen LogP contribution in [0.2, 0.25) is 0 Å². The maximum absolute atomic E-state index is 14.0. The van der Waals surface area contributed by atoms with Gasteiger partial charge in [0.25, 0.3) is 11.8 Å². The van der Waals surface area contributed by atoms with Gasteiger partial charge in [0.05, 0.1) is 17.2 Å². The second-order valence-electron chi connectivity index (χ2n) is 11.5. The number of aryl methyl sites for hydroxylation is 3. The second-order valence-corrected chi connectivity index (χ2v) is 11.5. The number of ether oxygens (including phenoxy) is 2. The summed E-state index contributed by atoms with van der Waals surface area (Å²) in [5.74, 6) is -4.86. The van der Waals surface area contributed by atoms with Crippen LogP contribution >= 0.6 is 0 Å². The van der Waals surface area contributed by atoms with Gasteiger partial charge in [-0.1, -0.05) is 36.2 Å². The van der Waals surface area contributed by atoms with Crippen molar-refractivity contribution in [2.24, 2.45) is 0 Å². The minimum atomic E-state index is -1.39. The first-order valence-corrected chi connectivity index (χ1v) is 14.1. The van der Waals surface area contributed by atoms with Crippen LogP contribution in [0.4, 0.5) is 0 Å². The van der Waals surface area contributed by atoms with Crippen molar-refractivity contribution in [3.8, 4) is 5.75 Å². The first-order valence-electron chi connectivity index (χ1n) is 14.1. The fourth-order valence-electron chi connectivity index (χ4n) is 4.37. The van der Waals surface area contributed by atoms with E-state index < -0.39 is 35.2 Å². The molecule has 0 spiro atoms. The predicted octanol–water partition coefficient (Wildman–Crippen LogP) is 5.86. The maximum Gasteiger partial charge on any atom is 0.404 e.